The average molecular weight is 867 g/mol. The molecule has 0 aliphatic heterocycles. The fourth-order valence-electron chi connectivity index (χ4n) is 6.37. The number of benzene rings is 2. The molecule has 2 aromatic heterocycles. The Hall–Kier alpha value is -4.66. The standard InChI is InChI=1S/C42H58N8O8S2/c1-29(2)37(47-59(55,56)49(5)27-33-21-13-15-23-43-33)41(53)45-35(25-31-17-9-7-10-18-31)39(51)40(52)36(26-32-19-11-8-12-20-32)46-42(54)38(30(3)4)48-60(57,58)50(6)28-34-22-14-16-24-44-34/h7-24,29-30,35-40,47-48,51-52H,25-28H2,1-6H3,(H,45,53)(H,46,54)/t35-,36-,37-,38+,39-,40+/m0/s1. The molecule has 4 rings (SSSR count). The molecule has 2 heterocycles. The maximum atomic E-state index is 14.1. The summed E-state index contributed by atoms with van der Waals surface area (Å²) >= 11 is 0. The van der Waals surface area contributed by atoms with Crippen LogP contribution in [0.1, 0.15) is 50.2 Å². The van der Waals surface area contributed by atoms with Crippen molar-refractivity contribution in [3.63, 3.8) is 0 Å². The first-order valence-electron chi connectivity index (χ1n) is 19.7. The lowest BCUT2D eigenvalue weighted by Gasteiger charge is -2.35. The van der Waals surface area contributed by atoms with Crippen LogP contribution >= 0.6 is 0 Å². The number of nitrogens with one attached hydrogen (secondary N) is 4. The third-order valence-corrected chi connectivity index (χ3v) is 12.9. The van der Waals surface area contributed by atoms with Gasteiger partial charge in [0.05, 0.1) is 36.6 Å². The van der Waals surface area contributed by atoms with Gasteiger partial charge in [0.2, 0.25) is 11.8 Å². The number of carbonyl (C=O) groups excluding carboxylic acids is 2. The number of carbonyl (C=O) groups is 2. The van der Waals surface area contributed by atoms with E-state index in [1.807, 2.05) is 0 Å². The van der Waals surface area contributed by atoms with Gasteiger partial charge in [-0.3, -0.25) is 19.6 Å². The first kappa shape index (κ1) is 48.0. The van der Waals surface area contributed by atoms with Crippen molar-refractivity contribution in [1.29, 1.82) is 0 Å². The molecular formula is C42H58N8O8S2. The van der Waals surface area contributed by atoms with Gasteiger partial charge in [0.25, 0.3) is 20.4 Å². The highest BCUT2D eigenvalue weighted by Gasteiger charge is 2.39. The largest absolute Gasteiger partial charge is 0.388 e. The predicted molar refractivity (Wildman–Crippen MR) is 229 cm³/mol. The lowest BCUT2D eigenvalue weighted by Crippen LogP contribution is -2.62. The van der Waals surface area contributed by atoms with Crippen LogP contribution in [-0.2, 0) is 55.9 Å². The number of nitrogens with zero attached hydrogens (tertiary/aromatic N) is 4. The van der Waals surface area contributed by atoms with Gasteiger partial charge < -0.3 is 20.8 Å². The molecule has 18 heteroatoms. The second-order valence-electron chi connectivity index (χ2n) is 15.4. The second kappa shape index (κ2) is 22.3. The summed E-state index contributed by atoms with van der Waals surface area (Å²) in [6.07, 6.45) is -0.317. The number of amides is 2. The minimum atomic E-state index is -4.22. The number of rotatable bonds is 23. The second-order valence-corrected chi connectivity index (χ2v) is 19.1. The fraction of sp³-hybridized carbons (Fsp3) is 0.429. The summed E-state index contributed by atoms with van der Waals surface area (Å²) in [6.45, 7) is 6.57. The quantitative estimate of drug-likeness (QED) is 0.0636. The van der Waals surface area contributed by atoms with Crippen LogP contribution in [0.25, 0.3) is 0 Å². The summed E-state index contributed by atoms with van der Waals surface area (Å²) in [5.74, 6) is -2.60. The van der Waals surface area contributed by atoms with E-state index in [2.05, 4.69) is 30.0 Å². The van der Waals surface area contributed by atoms with Crippen LogP contribution in [0.4, 0.5) is 0 Å². The first-order valence-corrected chi connectivity index (χ1v) is 22.6. The maximum Gasteiger partial charge on any atom is 0.280 e. The summed E-state index contributed by atoms with van der Waals surface area (Å²) < 4.78 is 61.0. The number of hydrogen-bond donors (Lipinski definition) is 6. The van der Waals surface area contributed by atoms with E-state index in [0.717, 1.165) is 8.61 Å². The van der Waals surface area contributed by atoms with E-state index in [0.29, 0.717) is 22.5 Å². The van der Waals surface area contributed by atoms with Crippen LogP contribution in [0.15, 0.2) is 109 Å². The Balaban J connectivity index is 1.60. The van der Waals surface area contributed by atoms with Crippen molar-refractivity contribution in [2.24, 2.45) is 11.8 Å². The number of aliphatic hydroxyl groups is 2. The summed E-state index contributed by atoms with van der Waals surface area (Å²) in [5.41, 5.74) is 2.38. The van der Waals surface area contributed by atoms with Crippen LogP contribution in [0, 0.1) is 11.8 Å². The van der Waals surface area contributed by atoms with Crippen molar-refractivity contribution in [2.45, 2.75) is 90.0 Å². The van der Waals surface area contributed by atoms with Gasteiger partial charge in [-0.15, -0.1) is 0 Å². The molecule has 16 nitrogen and oxygen atoms in total. The Morgan fingerprint density at radius 1 is 0.567 bits per heavy atom. The van der Waals surface area contributed by atoms with E-state index in [9.17, 15) is 36.6 Å². The average Bonchev–Trinajstić information content (AvgIpc) is 3.22. The molecule has 60 heavy (non-hydrogen) atoms. The van der Waals surface area contributed by atoms with Gasteiger partial charge >= 0.3 is 0 Å². The molecule has 2 amide bonds. The maximum absolute atomic E-state index is 14.1. The molecular weight excluding hydrogens is 809 g/mol. The van der Waals surface area contributed by atoms with Crippen LogP contribution in [0.5, 0.6) is 0 Å². The summed E-state index contributed by atoms with van der Waals surface area (Å²) in [6, 6.07) is 23.1. The fourth-order valence-corrected chi connectivity index (χ4v) is 8.73. The Morgan fingerprint density at radius 2 is 0.900 bits per heavy atom. The van der Waals surface area contributed by atoms with Crippen molar-refractivity contribution >= 4 is 32.2 Å². The smallest absolute Gasteiger partial charge is 0.280 e. The molecule has 0 aliphatic rings. The minimum Gasteiger partial charge on any atom is -0.388 e. The summed E-state index contributed by atoms with van der Waals surface area (Å²) in [5, 5.41) is 29.6. The Morgan fingerprint density at radius 3 is 1.20 bits per heavy atom. The van der Waals surface area contributed by atoms with Gasteiger partial charge in [-0.05, 0) is 60.1 Å². The van der Waals surface area contributed by atoms with Crippen molar-refractivity contribution < 1.29 is 36.6 Å². The first-order chi connectivity index (χ1) is 28.4. The van der Waals surface area contributed by atoms with Gasteiger partial charge in [0.1, 0.15) is 24.3 Å². The van der Waals surface area contributed by atoms with Crippen LogP contribution in [-0.4, -0.2) is 108 Å². The molecule has 6 N–H and O–H groups in total. The molecule has 0 saturated carbocycles. The van der Waals surface area contributed by atoms with Crippen molar-refractivity contribution in [1.82, 2.24) is 38.7 Å². The van der Waals surface area contributed by atoms with Crippen LogP contribution in [0.3, 0.4) is 0 Å². The molecule has 326 valence electrons. The van der Waals surface area contributed by atoms with Crippen LogP contribution in [0.2, 0.25) is 0 Å². The molecule has 0 bridgehead atoms. The molecule has 0 radical (unpaired) electrons. The third kappa shape index (κ3) is 14.2. The highest BCUT2D eigenvalue weighted by molar-refractivity contribution is 7.87. The third-order valence-electron chi connectivity index (χ3n) is 9.92. The van der Waals surface area contributed by atoms with E-state index >= 15 is 0 Å². The van der Waals surface area contributed by atoms with Gasteiger partial charge in [0.15, 0.2) is 0 Å². The SMILES string of the molecule is CC(C)[C@H](NS(=O)(=O)N(C)Cc1ccccn1)C(=O)N[C@@H](Cc1ccccc1)[C@H](O)[C@H](O)[C@H](Cc1ccccc1)NC(=O)[C@H](NS(=O)(=O)N(C)Cc1ccccn1)C(C)C. The number of pyridine rings is 2. The van der Waals surface area contributed by atoms with Crippen LogP contribution < -0.4 is 20.1 Å². The minimum absolute atomic E-state index is 0.0188. The normalized spacial score (nSPS) is 15.3. The molecule has 0 spiro atoms. The zero-order chi connectivity index (χ0) is 44.0. The van der Waals surface area contributed by atoms with Gasteiger partial charge in [-0.25, -0.2) is 0 Å². The molecule has 0 saturated heterocycles. The van der Waals surface area contributed by atoms with E-state index in [-0.39, 0.29) is 25.9 Å². The van der Waals surface area contributed by atoms with Gasteiger partial charge in [0, 0.05) is 26.5 Å². The molecule has 2 aromatic carbocycles. The van der Waals surface area contributed by atoms with E-state index in [4.69, 9.17) is 0 Å². The molecule has 0 aliphatic carbocycles. The Kier molecular flexibility index (Phi) is 17.8. The number of aliphatic hydroxyl groups excluding tert-OH is 2. The van der Waals surface area contributed by atoms with Crippen molar-refractivity contribution in [2.75, 3.05) is 14.1 Å². The van der Waals surface area contributed by atoms with Gasteiger partial charge in [-0.1, -0.05) is 100 Å². The number of hydrogen-bond acceptors (Lipinski definition) is 10. The molecule has 6 atom stereocenters. The highest BCUT2D eigenvalue weighted by atomic mass is 32.2. The lowest BCUT2D eigenvalue weighted by atomic mass is 9.90. The topological polar surface area (TPSA) is 223 Å². The highest BCUT2D eigenvalue weighted by Crippen LogP contribution is 2.18. The van der Waals surface area contributed by atoms with E-state index < -0.39 is 80.4 Å². The number of aromatic nitrogens is 2. The molecule has 0 fully saturated rings. The van der Waals surface area contributed by atoms with E-state index in [1.165, 1.54) is 14.1 Å². The Labute approximate surface area is 354 Å². The summed E-state index contributed by atoms with van der Waals surface area (Å²) in [7, 11) is -5.72. The van der Waals surface area contributed by atoms with Crippen molar-refractivity contribution in [3.8, 4) is 0 Å². The summed E-state index contributed by atoms with van der Waals surface area (Å²) in [4.78, 5) is 36.5. The van der Waals surface area contributed by atoms with Gasteiger partial charge in [-0.2, -0.15) is 34.9 Å². The molecule has 0 unspecified atom stereocenters. The predicted octanol–water partition coefficient (Wildman–Crippen LogP) is 1.94. The zero-order valence-corrected chi connectivity index (χ0v) is 36.4. The zero-order valence-electron chi connectivity index (χ0n) is 34.8. The van der Waals surface area contributed by atoms with E-state index in [1.54, 1.807) is 137 Å². The van der Waals surface area contributed by atoms with Crippen molar-refractivity contribution in [3.05, 3.63) is 132 Å². The monoisotopic (exact) mass is 866 g/mol. The Bertz CT molecular complexity index is 2000. The lowest BCUT2D eigenvalue weighted by molar-refractivity contribution is -0.129. The molecule has 4 aromatic rings.